The van der Waals surface area contributed by atoms with Crippen LogP contribution in [-0.2, 0) is 25.7 Å². The van der Waals surface area contributed by atoms with Gasteiger partial charge in [0.2, 0.25) is 5.91 Å². The number of anilines is 1. The summed E-state index contributed by atoms with van der Waals surface area (Å²) in [5.74, 6) is -4.23. The van der Waals surface area contributed by atoms with Crippen molar-refractivity contribution in [2.45, 2.75) is 51.2 Å². The predicted octanol–water partition coefficient (Wildman–Crippen LogP) is 1.41. The van der Waals surface area contributed by atoms with Crippen LogP contribution in [0.25, 0.3) is 10.9 Å². The summed E-state index contributed by atoms with van der Waals surface area (Å²) in [6, 6.07) is 5.56. The Kier molecular flexibility index (Phi) is 11.3. The average Bonchev–Trinajstić information content (AvgIpc) is 2.96. The van der Waals surface area contributed by atoms with Crippen molar-refractivity contribution in [3.63, 3.8) is 0 Å². The number of aryl methyl sites for hydroxylation is 1. The molecule has 2 amide bonds. The number of carboxylic acid groups (broad SMARTS) is 3. The Morgan fingerprint density at radius 3 is 2.29 bits per heavy atom. The molecule has 236 valence electrons. The van der Waals surface area contributed by atoms with E-state index in [9.17, 15) is 33.9 Å². The van der Waals surface area contributed by atoms with Crippen molar-refractivity contribution in [3.8, 4) is 12.3 Å². The van der Waals surface area contributed by atoms with Crippen LogP contribution >= 0.6 is 0 Å². The van der Waals surface area contributed by atoms with Crippen molar-refractivity contribution in [1.82, 2.24) is 20.6 Å². The number of terminal acetylenes is 1. The minimum atomic E-state index is -1.63. The molecule has 0 unspecified atom stereocenters. The van der Waals surface area contributed by atoms with E-state index in [4.69, 9.17) is 16.6 Å². The number of aromatic amines is 1. The van der Waals surface area contributed by atoms with Gasteiger partial charge in [-0.15, -0.1) is 6.42 Å². The first-order valence-electron chi connectivity index (χ1n) is 13.5. The van der Waals surface area contributed by atoms with Gasteiger partial charge in [-0.1, -0.05) is 12.0 Å². The number of fused-ring (bicyclic) bond motifs is 1. The van der Waals surface area contributed by atoms with E-state index in [2.05, 4.69) is 26.5 Å². The molecule has 0 aliphatic carbocycles. The van der Waals surface area contributed by atoms with Crippen LogP contribution in [-0.4, -0.2) is 73.6 Å². The van der Waals surface area contributed by atoms with Gasteiger partial charge in [-0.3, -0.25) is 19.2 Å². The lowest BCUT2D eigenvalue weighted by molar-refractivity contribution is -0.143. The van der Waals surface area contributed by atoms with Crippen LogP contribution < -0.4 is 21.1 Å². The summed E-state index contributed by atoms with van der Waals surface area (Å²) in [5, 5.41) is 32.0. The highest BCUT2D eigenvalue weighted by Gasteiger charge is 2.26. The molecule has 15 heteroatoms. The van der Waals surface area contributed by atoms with Crippen LogP contribution in [0.5, 0.6) is 0 Å². The van der Waals surface area contributed by atoms with Crippen molar-refractivity contribution in [2.24, 2.45) is 0 Å². The quantitative estimate of drug-likeness (QED) is 0.133. The first-order chi connectivity index (χ1) is 21.3. The number of nitrogens with zero attached hydrogens (tertiary/aromatic N) is 2. The highest BCUT2D eigenvalue weighted by atomic mass is 19.1. The third kappa shape index (κ3) is 9.35. The second-order valence-corrected chi connectivity index (χ2v) is 10.0. The first-order valence-corrected chi connectivity index (χ1v) is 13.5. The minimum absolute atomic E-state index is 0.0493. The number of halogens is 1. The summed E-state index contributed by atoms with van der Waals surface area (Å²) >= 11 is 0. The fourth-order valence-corrected chi connectivity index (χ4v) is 4.42. The molecule has 1 heterocycles. The Labute approximate surface area is 255 Å². The maximum Gasteiger partial charge on any atom is 0.326 e. The second-order valence-electron chi connectivity index (χ2n) is 10.0. The summed E-state index contributed by atoms with van der Waals surface area (Å²) in [7, 11) is 0. The number of H-pyrrole nitrogens is 1. The van der Waals surface area contributed by atoms with Crippen LogP contribution in [0, 0.1) is 25.1 Å². The van der Waals surface area contributed by atoms with Gasteiger partial charge in [0, 0.05) is 25.1 Å². The summed E-state index contributed by atoms with van der Waals surface area (Å²) in [6.07, 6.45) is 3.63. The Hall–Kier alpha value is -5.78. The molecule has 45 heavy (non-hydrogen) atoms. The molecule has 0 aliphatic heterocycles. The van der Waals surface area contributed by atoms with E-state index in [-0.39, 0.29) is 25.1 Å². The van der Waals surface area contributed by atoms with E-state index in [1.165, 1.54) is 6.07 Å². The molecule has 3 rings (SSSR count). The molecule has 1 aromatic heterocycles. The summed E-state index contributed by atoms with van der Waals surface area (Å²) in [6.45, 7) is 1.89. The van der Waals surface area contributed by atoms with E-state index in [1.807, 2.05) is 0 Å². The number of rotatable bonds is 15. The molecular formula is C30H30FN5O9. The van der Waals surface area contributed by atoms with Gasteiger partial charge in [0.25, 0.3) is 11.5 Å². The number of hydrogen-bond donors (Lipinski definition) is 6. The standard InChI is InChI=1S/C30H30FN5O9/c1-3-12-36(15-17-4-7-22-20(13-17)28(41)33-16(2)32-22)18-5-6-19(21(31)14-18)27(40)35-24(30(44)45)8-10-25(37)34-23(29(42)43)9-11-26(38)39/h1,4-7,13-14,23-24H,8-12,15H2,2H3,(H,34,37)(H,35,40)(H,38,39)(H,42,43)(H,44,45)(H,32,33,41)/t23-,24-/m0/s1. The SMILES string of the molecule is C#CCN(Cc1ccc2nc(C)[nH]c(=O)c2c1)c1ccc(C(=O)N[C@@H](CCC(=O)N[C@@H](CCC(=O)O)C(=O)O)C(=O)O)c(F)c1. The monoisotopic (exact) mass is 623 g/mol. The number of amides is 2. The zero-order chi connectivity index (χ0) is 33.3. The molecular weight excluding hydrogens is 593 g/mol. The molecule has 0 aliphatic rings. The first kappa shape index (κ1) is 33.7. The van der Waals surface area contributed by atoms with Gasteiger partial charge < -0.3 is 35.8 Å². The highest BCUT2D eigenvalue weighted by molar-refractivity contribution is 5.97. The number of carbonyl (C=O) groups excluding carboxylic acids is 2. The van der Waals surface area contributed by atoms with Crippen molar-refractivity contribution >= 4 is 46.3 Å². The molecule has 2 atom stereocenters. The summed E-state index contributed by atoms with van der Waals surface area (Å²) in [5.41, 5.74) is 0.699. The lowest BCUT2D eigenvalue weighted by Crippen LogP contribution is -2.44. The average molecular weight is 624 g/mol. The zero-order valence-electron chi connectivity index (χ0n) is 24.0. The van der Waals surface area contributed by atoms with Crippen LogP contribution in [0.15, 0.2) is 41.2 Å². The number of aliphatic carboxylic acids is 3. The molecule has 3 aromatic rings. The lowest BCUT2D eigenvalue weighted by Gasteiger charge is -2.23. The second kappa shape index (κ2) is 15.1. The van der Waals surface area contributed by atoms with Gasteiger partial charge in [0.1, 0.15) is 23.7 Å². The fraction of sp³-hybridized carbons (Fsp3) is 0.300. The molecule has 0 radical (unpaired) electrons. The number of carboxylic acids is 3. The molecule has 0 spiro atoms. The Bertz CT molecular complexity index is 1730. The van der Waals surface area contributed by atoms with Crippen LogP contribution in [0.4, 0.5) is 10.1 Å². The molecule has 0 saturated carbocycles. The molecule has 0 fully saturated rings. The van der Waals surface area contributed by atoms with Gasteiger partial charge >= 0.3 is 17.9 Å². The molecule has 0 saturated heterocycles. The normalized spacial score (nSPS) is 12.0. The molecule has 14 nitrogen and oxygen atoms in total. The number of hydrogen-bond acceptors (Lipinski definition) is 8. The van der Waals surface area contributed by atoms with Crippen molar-refractivity contribution in [1.29, 1.82) is 0 Å². The number of benzene rings is 2. The predicted molar refractivity (Wildman–Crippen MR) is 158 cm³/mol. The highest BCUT2D eigenvalue weighted by Crippen LogP contribution is 2.22. The van der Waals surface area contributed by atoms with E-state index in [0.29, 0.717) is 28.0 Å². The van der Waals surface area contributed by atoms with Gasteiger partial charge in [-0.25, -0.2) is 19.0 Å². The van der Waals surface area contributed by atoms with Crippen molar-refractivity contribution in [2.75, 3.05) is 11.4 Å². The topological polar surface area (TPSA) is 219 Å². The fourth-order valence-electron chi connectivity index (χ4n) is 4.42. The van der Waals surface area contributed by atoms with Crippen LogP contribution in [0.2, 0.25) is 0 Å². The van der Waals surface area contributed by atoms with Crippen molar-refractivity contribution in [3.05, 3.63) is 69.5 Å². The van der Waals surface area contributed by atoms with E-state index in [0.717, 1.165) is 12.1 Å². The molecule has 6 N–H and O–H groups in total. The Morgan fingerprint density at radius 2 is 1.67 bits per heavy atom. The van der Waals surface area contributed by atoms with E-state index >= 15 is 4.39 Å². The number of carbonyl (C=O) groups is 5. The third-order valence-electron chi connectivity index (χ3n) is 6.65. The van der Waals surface area contributed by atoms with Gasteiger partial charge in [-0.05, 0) is 55.7 Å². The van der Waals surface area contributed by atoms with Gasteiger partial charge in [-0.2, -0.15) is 0 Å². The number of aromatic nitrogens is 2. The van der Waals surface area contributed by atoms with Crippen molar-refractivity contribution < 1.29 is 43.7 Å². The number of nitrogens with one attached hydrogen (secondary N) is 3. The summed E-state index contributed by atoms with van der Waals surface area (Å²) in [4.78, 5) is 79.6. The summed E-state index contributed by atoms with van der Waals surface area (Å²) < 4.78 is 15.2. The maximum absolute atomic E-state index is 15.2. The zero-order valence-corrected chi connectivity index (χ0v) is 24.0. The molecule has 2 aromatic carbocycles. The van der Waals surface area contributed by atoms with Crippen LogP contribution in [0.1, 0.15) is 47.4 Å². The van der Waals surface area contributed by atoms with Gasteiger partial charge in [0.05, 0.1) is 23.0 Å². The van der Waals surface area contributed by atoms with Gasteiger partial charge in [0.15, 0.2) is 0 Å². The minimum Gasteiger partial charge on any atom is -0.481 e. The van der Waals surface area contributed by atoms with E-state index in [1.54, 1.807) is 30.0 Å². The van der Waals surface area contributed by atoms with E-state index < -0.39 is 72.4 Å². The molecule has 0 bridgehead atoms. The third-order valence-corrected chi connectivity index (χ3v) is 6.65. The Morgan fingerprint density at radius 1 is 1.00 bits per heavy atom. The largest absolute Gasteiger partial charge is 0.481 e. The smallest absolute Gasteiger partial charge is 0.326 e. The van der Waals surface area contributed by atoms with Crippen LogP contribution in [0.3, 0.4) is 0 Å². The maximum atomic E-state index is 15.2. The Balaban J connectivity index is 1.69. The lowest BCUT2D eigenvalue weighted by atomic mass is 10.1.